The fourth-order valence-electron chi connectivity index (χ4n) is 1.51. The molecular formula is C12H13BrN4O. The van der Waals surface area contributed by atoms with Gasteiger partial charge < -0.3 is 11.1 Å². The number of nitrogens with two attached hydrogens (primary N) is 1. The van der Waals surface area contributed by atoms with Crippen LogP contribution in [0, 0.1) is 6.92 Å². The molecule has 6 heteroatoms. The van der Waals surface area contributed by atoms with Gasteiger partial charge in [-0.15, -0.1) is 0 Å². The lowest BCUT2D eigenvalue weighted by atomic mass is 10.2. The Balaban J connectivity index is 2.24. The van der Waals surface area contributed by atoms with Crippen molar-refractivity contribution < 1.29 is 4.79 Å². The van der Waals surface area contributed by atoms with Crippen LogP contribution in [0.3, 0.4) is 0 Å². The van der Waals surface area contributed by atoms with Gasteiger partial charge in [0.2, 0.25) is 0 Å². The molecule has 0 saturated heterocycles. The minimum Gasteiger partial charge on any atom is -0.398 e. The molecule has 94 valence electrons. The Bertz CT molecular complexity index is 606. The van der Waals surface area contributed by atoms with Crippen LogP contribution in [-0.4, -0.2) is 15.7 Å². The maximum atomic E-state index is 11.9. The van der Waals surface area contributed by atoms with Crippen molar-refractivity contribution in [2.24, 2.45) is 7.05 Å². The van der Waals surface area contributed by atoms with Crippen LogP contribution in [0.1, 0.15) is 16.1 Å². The third kappa shape index (κ3) is 2.53. The van der Waals surface area contributed by atoms with Gasteiger partial charge in [0.25, 0.3) is 5.91 Å². The van der Waals surface area contributed by atoms with E-state index in [-0.39, 0.29) is 5.91 Å². The molecule has 0 aliphatic rings. The number of aromatic nitrogens is 2. The van der Waals surface area contributed by atoms with Crippen molar-refractivity contribution in [1.29, 1.82) is 0 Å². The summed E-state index contributed by atoms with van der Waals surface area (Å²) < 4.78 is 2.37. The van der Waals surface area contributed by atoms with Crippen molar-refractivity contribution in [3.63, 3.8) is 0 Å². The zero-order valence-corrected chi connectivity index (χ0v) is 11.7. The highest BCUT2D eigenvalue weighted by atomic mass is 79.9. The minimum absolute atomic E-state index is 0.264. The first-order chi connectivity index (χ1) is 8.47. The normalized spacial score (nSPS) is 10.4. The summed E-state index contributed by atoms with van der Waals surface area (Å²) in [5.74, 6) is -0.264. The number of rotatable bonds is 2. The lowest BCUT2D eigenvalue weighted by Gasteiger charge is -2.09. The molecular weight excluding hydrogens is 296 g/mol. The third-order valence-electron chi connectivity index (χ3n) is 2.55. The first-order valence-electron chi connectivity index (χ1n) is 5.34. The molecule has 0 unspecified atom stereocenters. The van der Waals surface area contributed by atoms with Gasteiger partial charge in [-0.3, -0.25) is 9.48 Å². The highest BCUT2D eigenvalue weighted by Crippen LogP contribution is 2.28. The lowest BCUT2D eigenvalue weighted by molar-refractivity contribution is 0.102. The summed E-state index contributed by atoms with van der Waals surface area (Å²) in [5, 5.41) is 6.80. The van der Waals surface area contributed by atoms with Crippen molar-refractivity contribution in [1.82, 2.24) is 9.78 Å². The Labute approximate surface area is 113 Å². The fraction of sp³-hybridized carbons (Fsp3) is 0.167. The number of aryl methyl sites for hydroxylation is 2. The molecule has 5 nitrogen and oxygen atoms in total. The molecule has 1 aromatic carbocycles. The van der Waals surface area contributed by atoms with Gasteiger partial charge in [0, 0.05) is 23.4 Å². The summed E-state index contributed by atoms with van der Waals surface area (Å²) in [6.45, 7) is 1.91. The Morgan fingerprint density at radius 3 is 2.83 bits per heavy atom. The monoisotopic (exact) mass is 308 g/mol. The van der Waals surface area contributed by atoms with Crippen molar-refractivity contribution in [3.8, 4) is 0 Å². The number of nitrogens with one attached hydrogen (secondary N) is 1. The van der Waals surface area contributed by atoms with E-state index >= 15 is 0 Å². The molecule has 1 heterocycles. The van der Waals surface area contributed by atoms with Crippen molar-refractivity contribution in [3.05, 3.63) is 40.1 Å². The second-order valence-corrected chi connectivity index (χ2v) is 4.87. The first-order valence-corrected chi connectivity index (χ1v) is 6.13. The highest BCUT2D eigenvalue weighted by molar-refractivity contribution is 9.10. The van der Waals surface area contributed by atoms with Gasteiger partial charge >= 0.3 is 0 Å². The fourth-order valence-corrected chi connectivity index (χ4v) is 2.06. The van der Waals surface area contributed by atoms with Gasteiger partial charge in [0.1, 0.15) is 0 Å². The Hall–Kier alpha value is -1.82. The number of amides is 1. The van der Waals surface area contributed by atoms with E-state index in [4.69, 9.17) is 5.73 Å². The molecule has 0 saturated carbocycles. The summed E-state index contributed by atoms with van der Waals surface area (Å²) in [6.07, 6.45) is 1.72. The molecule has 18 heavy (non-hydrogen) atoms. The third-order valence-corrected chi connectivity index (χ3v) is 3.21. The number of hydrogen-bond donors (Lipinski definition) is 2. The van der Waals surface area contributed by atoms with Crippen LogP contribution in [0.4, 0.5) is 11.4 Å². The van der Waals surface area contributed by atoms with Gasteiger partial charge in [0.15, 0.2) is 5.69 Å². The van der Waals surface area contributed by atoms with Crippen LogP contribution in [0.2, 0.25) is 0 Å². The second kappa shape index (κ2) is 4.81. The van der Waals surface area contributed by atoms with E-state index in [1.165, 1.54) is 0 Å². The maximum Gasteiger partial charge on any atom is 0.276 e. The van der Waals surface area contributed by atoms with E-state index in [1.54, 1.807) is 30.1 Å². The van der Waals surface area contributed by atoms with E-state index in [9.17, 15) is 4.79 Å². The molecule has 0 aliphatic heterocycles. The minimum atomic E-state index is -0.264. The maximum absolute atomic E-state index is 11.9. The summed E-state index contributed by atoms with van der Waals surface area (Å²) >= 11 is 3.39. The van der Waals surface area contributed by atoms with Crippen LogP contribution in [0.25, 0.3) is 0 Å². The van der Waals surface area contributed by atoms with Crippen molar-refractivity contribution in [2.45, 2.75) is 6.92 Å². The predicted molar refractivity (Wildman–Crippen MR) is 74.5 cm³/mol. The molecule has 0 fully saturated rings. The number of halogens is 1. The Kier molecular flexibility index (Phi) is 3.38. The lowest BCUT2D eigenvalue weighted by Crippen LogP contribution is -2.13. The van der Waals surface area contributed by atoms with Crippen molar-refractivity contribution in [2.75, 3.05) is 11.1 Å². The number of nitrogens with zero attached hydrogens (tertiary/aromatic N) is 2. The highest BCUT2D eigenvalue weighted by Gasteiger charge is 2.11. The SMILES string of the molecule is Cc1cc(Br)c(NC(=O)c2ccn(C)n2)cc1N. The number of anilines is 2. The summed E-state index contributed by atoms with van der Waals surface area (Å²) in [5.41, 5.74) is 8.40. The van der Waals surface area contributed by atoms with E-state index in [0.29, 0.717) is 17.1 Å². The molecule has 2 rings (SSSR count). The smallest absolute Gasteiger partial charge is 0.276 e. The van der Waals surface area contributed by atoms with E-state index in [2.05, 4.69) is 26.3 Å². The predicted octanol–water partition coefficient (Wildman–Crippen LogP) is 2.33. The van der Waals surface area contributed by atoms with Crippen LogP contribution in [0.15, 0.2) is 28.9 Å². The molecule has 0 aliphatic carbocycles. The summed E-state index contributed by atoms with van der Waals surface area (Å²) in [7, 11) is 1.76. The summed E-state index contributed by atoms with van der Waals surface area (Å²) in [6, 6.07) is 5.24. The molecule has 3 N–H and O–H groups in total. The molecule has 1 aromatic heterocycles. The zero-order valence-electron chi connectivity index (χ0n) is 10.1. The molecule has 1 amide bonds. The van der Waals surface area contributed by atoms with E-state index < -0.39 is 0 Å². The standard InChI is InChI=1S/C12H13BrN4O/c1-7-5-8(13)11(6-9(7)14)15-12(18)10-3-4-17(2)16-10/h3-6H,14H2,1-2H3,(H,15,18). The number of benzene rings is 1. The molecule has 0 bridgehead atoms. The average Bonchev–Trinajstić information content (AvgIpc) is 2.73. The van der Waals surface area contributed by atoms with Gasteiger partial charge in [-0.05, 0) is 46.6 Å². The van der Waals surface area contributed by atoms with Crippen LogP contribution < -0.4 is 11.1 Å². The Morgan fingerprint density at radius 1 is 1.50 bits per heavy atom. The van der Waals surface area contributed by atoms with E-state index in [0.717, 1.165) is 10.0 Å². The van der Waals surface area contributed by atoms with E-state index in [1.807, 2.05) is 13.0 Å². The average molecular weight is 309 g/mol. The zero-order chi connectivity index (χ0) is 13.3. The number of hydrogen-bond acceptors (Lipinski definition) is 3. The number of carbonyl (C=O) groups is 1. The van der Waals surface area contributed by atoms with Crippen molar-refractivity contribution >= 4 is 33.2 Å². The second-order valence-electron chi connectivity index (χ2n) is 4.02. The first kappa shape index (κ1) is 12.6. The molecule has 0 spiro atoms. The summed E-state index contributed by atoms with van der Waals surface area (Å²) in [4.78, 5) is 11.9. The number of nitrogen functional groups attached to an aromatic ring is 1. The topological polar surface area (TPSA) is 72.9 Å². The molecule has 0 atom stereocenters. The van der Waals surface area contributed by atoms with Crippen LogP contribution >= 0.6 is 15.9 Å². The van der Waals surface area contributed by atoms with Crippen LogP contribution in [0.5, 0.6) is 0 Å². The van der Waals surface area contributed by atoms with Crippen LogP contribution in [-0.2, 0) is 7.05 Å². The molecule has 0 radical (unpaired) electrons. The quantitative estimate of drug-likeness (QED) is 0.836. The van der Waals surface area contributed by atoms with Gasteiger partial charge in [-0.1, -0.05) is 0 Å². The molecule has 2 aromatic rings. The number of carbonyl (C=O) groups excluding carboxylic acids is 1. The van der Waals surface area contributed by atoms with Gasteiger partial charge in [-0.25, -0.2) is 0 Å². The largest absolute Gasteiger partial charge is 0.398 e. The van der Waals surface area contributed by atoms with Gasteiger partial charge in [0.05, 0.1) is 5.69 Å². The van der Waals surface area contributed by atoms with Gasteiger partial charge in [-0.2, -0.15) is 5.10 Å². The Morgan fingerprint density at radius 2 is 2.22 bits per heavy atom.